The Balaban J connectivity index is 2.17. The largest absolute Gasteiger partial charge is 0.398 e. The summed E-state index contributed by atoms with van der Waals surface area (Å²) in [6.07, 6.45) is 1.86. The number of nitrogen functional groups attached to an aromatic ring is 1. The molecule has 0 spiro atoms. The maximum Gasteiger partial charge on any atom is 0.348 e. The lowest BCUT2D eigenvalue weighted by molar-refractivity contribution is 1.04. The topological polar surface area (TPSA) is 92.0 Å². The molecule has 0 amide bonds. The number of anilines is 1. The molecule has 3 aromatic heterocycles. The van der Waals surface area contributed by atoms with Crippen LogP contribution in [0.2, 0.25) is 0 Å². The van der Waals surface area contributed by atoms with Gasteiger partial charge >= 0.3 is 5.69 Å². The predicted molar refractivity (Wildman–Crippen MR) is 77.5 cm³/mol. The number of nitrogens with two attached hydrogens (primary N) is 1. The van der Waals surface area contributed by atoms with Gasteiger partial charge in [-0.2, -0.15) is 5.10 Å². The molecule has 6 nitrogen and oxygen atoms in total. The molecule has 4 N–H and O–H groups in total. The number of nitrogens with one attached hydrogen (secondary N) is 2. The Kier molecular flexibility index (Phi) is 2.03. The summed E-state index contributed by atoms with van der Waals surface area (Å²) in [6, 6.07) is 11.4. The SMILES string of the molecule is Nc1cc2n[nH]c(=O)n2c2cc(-c3ccc[nH]3)ccc12. The van der Waals surface area contributed by atoms with Crippen LogP contribution in [0.5, 0.6) is 0 Å². The number of nitrogens with zero attached hydrogens (tertiary/aromatic N) is 2. The number of rotatable bonds is 1. The zero-order valence-corrected chi connectivity index (χ0v) is 10.4. The number of hydrogen-bond donors (Lipinski definition) is 3. The van der Waals surface area contributed by atoms with Crippen molar-refractivity contribution in [2.45, 2.75) is 0 Å². The summed E-state index contributed by atoms with van der Waals surface area (Å²) in [4.78, 5) is 15.0. The lowest BCUT2D eigenvalue weighted by Gasteiger charge is -2.06. The van der Waals surface area contributed by atoms with E-state index in [1.54, 1.807) is 6.07 Å². The summed E-state index contributed by atoms with van der Waals surface area (Å²) in [5.41, 5.74) is 9.59. The van der Waals surface area contributed by atoms with E-state index in [2.05, 4.69) is 15.2 Å². The Morgan fingerprint density at radius 3 is 2.90 bits per heavy atom. The van der Waals surface area contributed by atoms with Gasteiger partial charge < -0.3 is 10.7 Å². The van der Waals surface area contributed by atoms with Crippen molar-refractivity contribution in [3.05, 3.63) is 53.1 Å². The highest BCUT2D eigenvalue weighted by atomic mass is 16.1. The average molecular weight is 265 g/mol. The molecular formula is C14H11N5O. The second-order valence-corrected chi connectivity index (χ2v) is 4.64. The normalized spacial score (nSPS) is 11.4. The molecular weight excluding hydrogens is 254 g/mol. The first kappa shape index (κ1) is 10.9. The first-order valence-electron chi connectivity index (χ1n) is 6.17. The van der Waals surface area contributed by atoms with E-state index in [0.717, 1.165) is 22.2 Å². The van der Waals surface area contributed by atoms with Crippen LogP contribution in [0, 0.1) is 0 Å². The van der Waals surface area contributed by atoms with E-state index in [4.69, 9.17) is 5.73 Å². The first-order valence-corrected chi connectivity index (χ1v) is 6.17. The van der Waals surface area contributed by atoms with Crippen molar-refractivity contribution in [2.75, 3.05) is 5.73 Å². The average Bonchev–Trinajstić information content (AvgIpc) is 3.09. The smallest absolute Gasteiger partial charge is 0.348 e. The molecule has 6 heteroatoms. The summed E-state index contributed by atoms with van der Waals surface area (Å²) >= 11 is 0. The minimum Gasteiger partial charge on any atom is -0.398 e. The van der Waals surface area contributed by atoms with Crippen LogP contribution in [0.3, 0.4) is 0 Å². The number of hydrogen-bond acceptors (Lipinski definition) is 3. The van der Waals surface area contributed by atoms with Crippen LogP contribution in [-0.2, 0) is 0 Å². The molecule has 0 aliphatic heterocycles. The van der Waals surface area contributed by atoms with Crippen molar-refractivity contribution < 1.29 is 0 Å². The fourth-order valence-corrected chi connectivity index (χ4v) is 2.49. The highest BCUT2D eigenvalue weighted by molar-refractivity contribution is 5.95. The Hall–Kier alpha value is -3.02. The molecule has 3 heterocycles. The minimum absolute atomic E-state index is 0.270. The van der Waals surface area contributed by atoms with Crippen LogP contribution < -0.4 is 11.4 Å². The van der Waals surface area contributed by atoms with Crippen molar-refractivity contribution in [1.82, 2.24) is 19.6 Å². The molecule has 0 unspecified atom stereocenters. The van der Waals surface area contributed by atoms with Gasteiger partial charge in [-0.15, -0.1) is 0 Å². The zero-order valence-electron chi connectivity index (χ0n) is 10.4. The van der Waals surface area contributed by atoms with E-state index < -0.39 is 0 Å². The summed E-state index contributed by atoms with van der Waals surface area (Å²) in [7, 11) is 0. The molecule has 0 atom stereocenters. The number of H-pyrrole nitrogens is 2. The molecule has 20 heavy (non-hydrogen) atoms. The van der Waals surface area contributed by atoms with Gasteiger partial charge in [0, 0.05) is 34.6 Å². The zero-order chi connectivity index (χ0) is 13.7. The molecule has 98 valence electrons. The van der Waals surface area contributed by atoms with Crippen molar-refractivity contribution in [3.63, 3.8) is 0 Å². The molecule has 0 aliphatic rings. The van der Waals surface area contributed by atoms with Crippen LogP contribution in [0.4, 0.5) is 5.69 Å². The maximum atomic E-state index is 11.9. The van der Waals surface area contributed by atoms with Gasteiger partial charge in [-0.3, -0.25) is 0 Å². The third-order valence-electron chi connectivity index (χ3n) is 3.44. The summed E-state index contributed by atoms with van der Waals surface area (Å²) in [5.74, 6) is 0. The van der Waals surface area contributed by atoms with Crippen LogP contribution in [0.25, 0.3) is 27.8 Å². The third kappa shape index (κ3) is 1.38. The number of fused-ring (bicyclic) bond motifs is 3. The summed E-state index contributed by atoms with van der Waals surface area (Å²) in [6.45, 7) is 0. The Bertz CT molecular complexity index is 978. The molecule has 0 aliphatic carbocycles. The number of aromatic amines is 2. The highest BCUT2D eigenvalue weighted by Gasteiger charge is 2.10. The van der Waals surface area contributed by atoms with E-state index in [1.807, 2.05) is 36.5 Å². The molecule has 4 aromatic rings. The van der Waals surface area contributed by atoms with Crippen molar-refractivity contribution in [1.29, 1.82) is 0 Å². The number of benzene rings is 1. The number of pyridine rings is 1. The Morgan fingerprint density at radius 1 is 1.20 bits per heavy atom. The van der Waals surface area contributed by atoms with Gasteiger partial charge in [-0.25, -0.2) is 14.3 Å². The second kappa shape index (κ2) is 3.74. The van der Waals surface area contributed by atoms with Crippen LogP contribution in [0.15, 0.2) is 47.4 Å². The minimum atomic E-state index is -0.270. The van der Waals surface area contributed by atoms with Crippen molar-refractivity contribution in [3.8, 4) is 11.3 Å². The van der Waals surface area contributed by atoms with Gasteiger partial charge in [0.1, 0.15) is 0 Å². The van der Waals surface area contributed by atoms with Gasteiger partial charge in [0.15, 0.2) is 5.65 Å². The molecule has 4 rings (SSSR count). The van der Waals surface area contributed by atoms with Crippen LogP contribution >= 0.6 is 0 Å². The standard InChI is InChI=1S/C14H11N5O/c15-10-7-13-17-18-14(20)19(13)12-6-8(3-4-9(10)12)11-2-1-5-16-11/h1-7,16H,15H2,(H,18,20). The quantitative estimate of drug-likeness (QED) is 0.489. The van der Waals surface area contributed by atoms with E-state index in [-0.39, 0.29) is 5.69 Å². The second-order valence-electron chi connectivity index (χ2n) is 4.64. The maximum absolute atomic E-state index is 11.9. The van der Waals surface area contributed by atoms with Crippen molar-refractivity contribution >= 4 is 22.2 Å². The van der Waals surface area contributed by atoms with Gasteiger partial charge in [0.05, 0.1) is 5.52 Å². The molecule has 0 bridgehead atoms. The fraction of sp³-hybridized carbons (Fsp3) is 0. The lowest BCUT2D eigenvalue weighted by atomic mass is 10.1. The first-order chi connectivity index (χ1) is 9.74. The van der Waals surface area contributed by atoms with Gasteiger partial charge in [0.2, 0.25) is 0 Å². The summed E-state index contributed by atoms with van der Waals surface area (Å²) in [5, 5.41) is 7.23. The lowest BCUT2D eigenvalue weighted by Crippen LogP contribution is -2.10. The summed E-state index contributed by atoms with van der Waals surface area (Å²) < 4.78 is 1.53. The number of aromatic nitrogens is 4. The highest BCUT2D eigenvalue weighted by Crippen LogP contribution is 2.27. The van der Waals surface area contributed by atoms with E-state index in [9.17, 15) is 4.79 Å². The third-order valence-corrected chi connectivity index (χ3v) is 3.44. The van der Waals surface area contributed by atoms with E-state index in [1.165, 1.54) is 4.40 Å². The van der Waals surface area contributed by atoms with Gasteiger partial charge in [-0.1, -0.05) is 12.1 Å². The van der Waals surface area contributed by atoms with Crippen molar-refractivity contribution in [2.24, 2.45) is 0 Å². The van der Waals surface area contributed by atoms with E-state index >= 15 is 0 Å². The molecule has 1 aromatic carbocycles. The molecule has 0 fully saturated rings. The molecule has 0 saturated heterocycles. The Morgan fingerprint density at radius 2 is 2.10 bits per heavy atom. The molecule has 0 saturated carbocycles. The fourth-order valence-electron chi connectivity index (χ4n) is 2.49. The van der Waals surface area contributed by atoms with Crippen LogP contribution in [-0.4, -0.2) is 19.6 Å². The van der Waals surface area contributed by atoms with Gasteiger partial charge in [0.25, 0.3) is 0 Å². The van der Waals surface area contributed by atoms with E-state index in [0.29, 0.717) is 11.3 Å². The molecule has 0 radical (unpaired) electrons. The predicted octanol–water partition coefficient (Wildman–Crippen LogP) is 1.75. The Labute approximate surface area is 112 Å². The monoisotopic (exact) mass is 265 g/mol. The van der Waals surface area contributed by atoms with Gasteiger partial charge in [-0.05, 0) is 18.2 Å². The van der Waals surface area contributed by atoms with Crippen LogP contribution in [0.1, 0.15) is 0 Å².